The predicted molar refractivity (Wildman–Crippen MR) is 103 cm³/mol. The molecule has 0 N–H and O–H groups in total. The second kappa shape index (κ2) is 7.48. The van der Waals surface area contributed by atoms with E-state index in [9.17, 15) is 4.79 Å². The lowest BCUT2D eigenvalue weighted by molar-refractivity contribution is 0.0603. The summed E-state index contributed by atoms with van der Waals surface area (Å²) in [4.78, 5) is 21.3. The number of hydrogen-bond acceptors (Lipinski definition) is 5. The molecule has 1 aliphatic rings. The first kappa shape index (κ1) is 17.7. The highest BCUT2D eigenvalue weighted by atomic mass is 16.5. The third kappa shape index (κ3) is 3.57. The van der Waals surface area contributed by atoms with E-state index in [0.717, 1.165) is 49.1 Å². The van der Waals surface area contributed by atoms with E-state index >= 15 is 0 Å². The molecule has 3 aromatic rings. The first-order valence-corrected chi connectivity index (χ1v) is 9.22. The van der Waals surface area contributed by atoms with Crippen LogP contribution in [0.25, 0.3) is 22.3 Å². The van der Waals surface area contributed by atoms with E-state index in [2.05, 4.69) is 17.1 Å². The molecule has 3 heterocycles. The van der Waals surface area contributed by atoms with Crippen LogP contribution in [0, 0.1) is 5.92 Å². The van der Waals surface area contributed by atoms with Gasteiger partial charge in [-0.15, -0.1) is 0 Å². The van der Waals surface area contributed by atoms with Gasteiger partial charge in [0.2, 0.25) is 0 Å². The highest BCUT2D eigenvalue weighted by Crippen LogP contribution is 2.27. The van der Waals surface area contributed by atoms with Gasteiger partial charge in [-0.25, -0.2) is 14.8 Å². The molecule has 0 bridgehead atoms. The fourth-order valence-electron chi connectivity index (χ4n) is 3.62. The van der Waals surface area contributed by atoms with Gasteiger partial charge in [-0.3, -0.25) is 0 Å². The number of ether oxygens (including phenoxy) is 2. The van der Waals surface area contributed by atoms with Crippen LogP contribution in [0.3, 0.4) is 0 Å². The van der Waals surface area contributed by atoms with Crippen LogP contribution in [0.4, 0.5) is 0 Å². The van der Waals surface area contributed by atoms with Gasteiger partial charge in [0, 0.05) is 25.6 Å². The normalized spacial score (nSPS) is 16.7. The average molecular weight is 365 g/mol. The summed E-state index contributed by atoms with van der Waals surface area (Å²) in [5.74, 6) is 0.276. The SMILES string of the molecule is COC(=O)c1cc(-c2cncn2C)nc2ccc(CCC3CCOC3)cc12. The summed E-state index contributed by atoms with van der Waals surface area (Å²) in [6.45, 7) is 1.73. The fraction of sp³-hybridized carbons (Fsp3) is 0.381. The van der Waals surface area contributed by atoms with Crippen LogP contribution in [0.15, 0.2) is 36.8 Å². The fourth-order valence-corrected chi connectivity index (χ4v) is 3.62. The summed E-state index contributed by atoms with van der Waals surface area (Å²) in [7, 11) is 3.31. The van der Waals surface area contributed by atoms with E-state index in [0.29, 0.717) is 17.2 Å². The minimum Gasteiger partial charge on any atom is -0.465 e. The number of fused-ring (bicyclic) bond motifs is 1. The Morgan fingerprint density at radius 2 is 2.26 bits per heavy atom. The highest BCUT2D eigenvalue weighted by Gasteiger charge is 2.18. The number of carbonyl (C=O) groups excluding carboxylic acids is 1. The number of hydrogen-bond donors (Lipinski definition) is 0. The van der Waals surface area contributed by atoms with E-state index < -0.39 is 0 Å². The maximum absolute atomic E-state index is 12.4. The van der Waals surface area contributed by atoms with Crippen molar-refractivity contribution in [2.24, 2.45) is 13.0 Å². The van der Waals surface area contributed by atoms with Crippen molar-refractivity contribution in [1.29, 1.82) is 0 Å². The number of aryl methyl sites for hydroxylation is 2. The van der Waals surface area contributed by atoms with E-state index in [4.69, 9.17) is 14.5 Å². The molecule has 0 spiro atoms. The van der Waals surface area contributed by atoms with Crippen molar-refractivity contribution >= 4 is 16.9 Å². The van der Waals surface area contributed by atoms with Crippen molar-refractivity contribution in [3.63, 3.8) is 0 Å². The molecule has 1 atom stereocenters. The van der Waals surface area contributed by atoms with Crippen molar-refractivity contribution in [2.45, 2.75) is 19.3 Å². The first-order chi connectivity index (χ1) is 13.2. The molecule has 4 rings (SSSR count). The Hall–Kier alpha value is -2.73. The maximum Gasteiger partial charge on any atom is 0.338 e. The summed E-state index contributed by atoms with van der Waals surface area (Å²) < 4.78 is 12.4. The Bertz CT molecular complexity index is 974. The third-order valence-corrected chi connectivity index (χ3v) is 5.22. The Morgan fingerprint density at radius 3 is 2.96 bits per heavy atom. The number of methoxy groups -OCH3 is 1. The number of aromatic nitrogens is 3. The zero-order valence-electron chi connectivity index (χ0n) is 15.6. The number of benzene rings is 1. The molecule has 0 aliphatic carbocycles. The molecule has 1 fully saturated rings. The van der Waals surface area contributed by atoms with Crippen LogP contribution in [-0.2, 0) is 22.9 Å². The summed E-state index contributed by atoms with van der Waals surface area (Å²) in [5.41, 5.74) is 4.08. The largest absolute Gasteiger partial charge is 0.465 e. The summed E-state index contributed by atoms with van der Waals surface area (Å²) in [5, 5.41) is 0.827. The molecule has 0 saturated carbocycles. The van der Waals surface area contributed by atoms with Crippen LogP contribution in [-0.4, -0.2) is 40.8 Å². The molecule has 27 heavy (non-hydrogen) atoms. The minimum atomic E-state index is -0.354. The second-order valence-corrected chi connectivity index (χ2v) is 7.06. The van der Waals surface area contributed by atoms with Crippen molar-refractivity contribution in [3.05, 3.63) is 47.9 Å². The highest BCUT2D eigenvalue weighted by molar-refractivity contribution is 6.04. The molecule has 0 amide bonds. The number of rotatable bonds is 5. The summed E-state index contributed by atoms with van der Waals surface area (Å²) >= 11 is 0. The summed E-state index contributed by atoms with van der Waals surface area (Å²) in [6.07, 6.45) is 6.66. The van der Waals surface area contributed by atoms with Crippen LogP contribution in [0.1, 0.15) is 28.8 Å². The lowest BCUT2D eigenvalue weighted by Crippen LogP contribution is -2.05. The van der Waals surface area contributed by atoms with Crippen molar-refractivity contribution < 1.29 is 14.3 Å². The van der Waals surface area contributed by atoms with Crippen LogP contribution >= 0.6 is 0 Å². The molecule has 6 heteroatoms. The maximum atomic E-state index is 12.4. The smallest absolute Gasteiger partial charge is 0.338 e. The molecule has 6 nitrogen and oxygen atoms in total. The van der Waals surface area contributed by atoms with Crippen LogP contribution < -0.4 is 0 Å². The van der Waals surface area contributed by atoms with Gasteiger partial charge in [0.25, 0.3) is 0 Å². The second-order valence-electron chi connectivity index (χ2n) is 7.06. The van der Waals surface area contributed by atoms with Crippen LogP contribution in [0.5, 0.6) is 0 Å². The molecule has 0 radical (unpaired) electrons. The molecular weight excluding hydrogens is 342 g/mol. The van der Waals surface area contributed by atoms with Crippen LogP contribution in [0.2, 0.25) is 0 Å². The lowest BCUT2D eigenvalue weighted by Gasteiger charge is -2.11. The predicted octanol–water partition coefficient (Wildman–Crippen LogP) is 3.39. The van der Waals surface area contributed by atoms with E-state index in [1.54, 1.807) is 18.6 Å². The topological polar surface area (TPSA) is 66.2 Å². The minimum absolute atomic E-state index is 0.354. The Balaban J connectivity index is 1.73. The lowest BCUT2D eigenvalue weighted by atomic mass is 9.97. The van der Waals surface area contributed by atoms with Crippen molar-refractivity contribution in [1.82, 2.24) is 14.5 Å². The monoisotopic (exact) mass is 365 g/mol. The Morgan fingerprint density at radius 1 is 1.37 bits per heavy atom. The number of carbonyl (C=O) groups is 1. The van der Waals surface area contributed by atoms with Gasteiger partial charge < -0.3 is 14.0 Å². The van der Waals surface area contributed by atoms with Gasteiger partial charge in [0.05, 0.1) is 42.1 Å². The zero-order valence-corrected chi connectivity index (χ0v) is 15.6. The van der Waals surface area contributed by atoms with Crippen molar-refractivity contribution in [2.75, 3.05) is 20.3 Å². The van der Waals surface area contributed by atoms with Gasteiger partial charge in [-0.05, 0) is 48.9 Å². The van der Waals surface area contributed by atoms with E-state index in [1.165, 1.54) is 12.7 Å². The number of nitrogens with zero attached hydrogens (tertiary/aromatic N) is 3. The number of pyridine rings is 1. The van der Waals surface area contributed by atoms with Gasteiger partial charge in [0.15, 0.2) is 0 Å². The molecule has 1 unspecified atom stereocenters. The first-order valence-electron chi connectivity index (χ1n) is 9.22. The Kier molecular flexibility index (Phi) is 4.90. The average Bonchev–Trinajstić information content (AvgIpc) is 3.36. The van der Waals surface area contributed by atoms with Gasteiger partial charge in [0.1, 0.15) is 0 Å². The number of imidazole rings is 1. The molecular formula is C21H23N3O3. The molecule has 1 aromatic carbocycles. The van der Waals surface area contributed by atoms with Gasteiger partial charge in [-0.1, -0.05) is 6.07 Å². The zero-order chi connectivity index (χ0) is 18.8. The van der Waals surface area contributed by atoms with Gasteiger partial charge >= 0.3 is 5.97 Å². The van der Waals surface area contributed by atoms with Crippen molar-refractivity contribution in [3.8, 4) is 11.4 Å². The quantitative estimate of drug-likeness (QED) is 0.649. The molecule has 1 saturated heterocycles. The molecule has 140 valence electrons. The third-order valence-electron chi connectivity index (χ3n) is 5.22. The van der Waals surface area contributed by atoms with Gasteiger partial charge in [-0.2, -0.15) is 0 Å². The Labute approximate surface area is 158 Å². The standard InChI is InChI=1S/C21H23N3O3/c1-24-13-22-11-20(24)19-10-17(21(25)26-2)16-9-14(5-6-18(16)23-19)3-4-15-7-8-27-12-15/h5-6,9-11,13,15H,3-4,7-8,12H2,1-2H3. The number of esters is 1. The molecule has 2 aromatic heterocycles. The van der Waals surface area contributed by atoms with E-state index in [-0.39, 0.29) is 5.97 Å². The molecule has 1 aliphatic heterocycles. The summed E-state index contributed by atoms with van der Waals surface area (Å²) in [6, 6.07) is 7.94. The van der Waals surface area contributed by atoms with E-state index in [1.807, 2.05) is 17.7 Å².